The number of nitrogens with zero attached hydrogens (tertiary/aromatic N) is 2. The van der Waals surface area contributed by atoms with Crippen LogP contribution in [0.4, 0.5) is 5.69 Å². The number of ether oxygens (including phenoxy) is 1. The molecule has 0 aliphatic rings. The van der Waals surface area contributed by atoms with Crippen LogP contribution in [-0.4, -0.2) is 70.8 Å². The van der Waals surface area contributed by atoms with Crippen LogP contribution in [0.3, 0.4) is 0 Å². The summed E-state index contributed by atoms with van der Waals surface area (Å²) in [5.41, 5.74) is 0.978. The molecule has 0 bridgehead atoms. The molecular formula is C15H31N3OS2. The molecular weight excluding hydrogens is 302 g/mol. The van der Waals surface area contributed by atoms with Crippen LogP contribution in [0.1, 0.15) is 14.4 Å². The summed E-state index contributed by atoms with van der Waals surface area (Å²) in [6, 6.07) is 1.89. The van der Waals surface area contributed by atoms with Gasteiger partial charge in [0.2, 0.25) is 0 Å². The van der Waals surface area contributed by atoms with E-state index >= 15 is 0 Å². The van der Waals surface area contributed by atoms with Gasteiger partial charge < -0.3 is 19.9 Å². The fourth-order valence-electron chi connectivity index (χ4n) is 1.06. The van der Waals surface area contributed by atoms with Gasteiger partial charge in [0.05, 0.1) is 27.9 Å². The van der Waals surface area contributed by atoms with E-state index < -0.39 is 0 Å². The second-order valence-electron chi connectivity index (χ2n) is 4.99. The Bertz CT molecular complexity index is 426. The minimum Gasteiger partial charge on any atom is -0.381 e. The molecule has 1 rings (SSSR count). The third-order valence-corrected chi connectivity index (χ3v) is 3.51. The lowest BCUT2D eigenvalue weighted by Gasteiger charge is -2.11. The topological polar surface area (TPSA) is 27.7 Å². The van der Waals surface area contributed by atoms with Crippen molar-refractivity contribution in [3.63, 3.8) is 0 Å². The number of nitrogens with one attached hydrogen (secondary N) is 1. The van der Waals surface area contributed by atoms with Gasteiger partial charge in [-0.25, -0.2) is 0 Å². The first-order valence-electron chi connectivity index (χ1n) is 6.79. The Labute approximate surface area is 140 Å². The minimum absolute atomic E-state index is 0. The average molecular weight is 334 g/mol. The van der Waals surface area contributed by atoms with Crippen molar-refractivity contribution in [2.45, 2.75) is 14.4 Å². The fourth-order valence-corrected chi connectivity index (χ4v) is 1.47. The summed E-state index contributed by atoms with van der Waals surface area (Å²) in [4.78, 5) is 4.22. The highest BCUT2D eigenvalue weighted by Gasteiger charge is 2.00. The lowest BCUT2D eigenvalue weighted by Crippen LogP contribution is -2.20. The third kappa shape index (κ3) is 11.9. The van der Waals surface area contributed by atoms with Crippen molar-refractivity contribution in [1.29, 1.82) is 0 Å². The van der Waals surface area contributed by atoms with Crippen molar-refractivity contribution in [3.05, 3.63) is 15.1 Å². The molecule has 0 fully saturated rings. The van der Waals surface area contributed by atoms with Crippen molar-refractivity contribution >= 4 is 30.1 Å². The van der Waals surface area contributed by atoms with Crippen LogP contribution in [0, 0.1) is 9.02 Å². The maximum atomic E-state index is 5.42. The Morgan fingerprint density at radius 2 is 1.67 bits per heavy atom. The average Bonchev–Trinajstić information content (AvgIpc) is 2.41. The fraction of sp³-hybridized carbons (Fsp3) is 0.733. The molecule has 4 nitrogen and oxygen atoms in total. The highest BCUT2D eigenvalue weighted by molar-refractivity contribution is 7.74. The molecule has 1 aromatic rings. The van der Waals surface area contributed by atoms with Crippen LogP contribution >= 0.6 is 24.4 Å². The second-order valence-corrected chi connectivity index (χ2v) is 5.84. The summed E-state index contributed by atoms with van der Waals surface area (Å²) in [5, 5.41) is 3.18. The van der Waals surface area contributed by atoms with E-state index in [4.69, 9.17) is 29.2 Å². The molecule has 6 heteroatoms. The molecule has 0 saturated heterocycles. The standard InChI is InChI=1S/C10H16N2OS2.C4H11N.CH4/c1-12(2)4-6-13-5-3-11-8-7-9(14)10(8)15;1-4-5(2)3;/h7,11H,3-6H2,1-2H3;4H2,1-3H3;1H4. The van der Waals surface area contributed by atoms with Crippen molar-refractivity contribution in [2.24, 2.45) is 0 Å². The zero-order valence-electron chi connectivity index (χ0n) is 13.2. The van der Waals surface area contributed by atoms with Crippen molar-refractivity contribution in [3.8, 4) is 0 Å². The number of anilines is 1. The Balaban J connectivity index is 0. The molecule has 0 amide bonds. The van der Waals surface area contributed by atoms with Gasteiger partial charge in [0.15, 0.2) is 0 Å². The summed E-state index contributed by atoms with van der Waals surface area (Å²) < 4.78 is 6.97. The summed E-state index contributed by atoms with van der Waals surface area (Å²) in [6.45, 7) is 6.45. The molecule has 0 aliphatic carbocycles. The molecule has 0 unspecified atom stereocenters. The van der Waals surface area contributed by atoms with Crippen LogP contribution in [-0.2, 0) is 4.74 Å². The van der Waals surface area contributed by atoms with Crippen molar-refractivity contribution in [2.75, 3.05) is 66.4 Å². The van der Waals surface area contributed by atoms with Gasteiger partial charge in [-0.3, -0.25) is 0 Å². The molecule has 0 atom stereocenters. The van der Waals surface area contributed by atoms with E-state index in [9.17, 15) is 0 Å². The lowest BCUT2D eigenvalue weighted by molar-refractivity contribution is 0.126. The molecule has 124 valence electrons. The molecule has 0 heterocycles. The van der Waals surface area contributed by atoms with E-state index in [1.165, 1.54) is 0 Å². The van der Waals surface area contributed by atoms with Gasteiger partial charge in [0, 0.05) is 13.1 Å². The van der Waals surface area contributed by atoms with Gasteiger partial charge in [0.1, 0.15) is 0 Å². The molecule has 0 saturated carbocycles. The Morgan fingerprint density at radius 3 is 2.05 bits per heavy atom. The number of hydrogen-bond acceptors (Lipinski definition) is 6. The van der Waals surface area contributed by atoms with Crippen LogP contribution in [0.2, 0.25) is 0 Å². The van der Waals surface area contributed by atoms with Gasteiger partial charge in [0.25, 0.3) is 0 Å². The number of likely N-dealkylation sites (N-methyl/N-ethyl adjacent to an activating group) is 1. The molecule has 21 heavy (non-hydrogen) atoms. The largest absolute Gasteiger partial charge is 0.381 e. The molecule has 0 aromatic heterocycles. The first kappa shape index (κ1) is 22.9. The van der Waals surface area contributed by atoms with Crippen molar-refractivity contribution in [1.82, 2.24) is 9.80 Å². The highest BCUT2D eigenvalue weighted by atomic mass is 32.1. The van der Waals surface area contributed by atoms with Gasteiger partial charge in [-0.05, 0) is 40.8 Å². The van der Waals surface area contributed by atoms with E-state index in [0.717, 1.165) is 40.9 Å². The molecule has 0 spiro atoms. The van der Waals surface area contributed by atoms with Gasteiger partial charge in [-0.15, -0.1) is 0 Å². The third-order valence-electron chi connectivity index (χ3n) is 2.62. The Hall–Kier alpha value is -0.400. The maximum absolute atomic E-state index is 5.42. The summed E-state index contributed by atoms with van der Waals surface area (Å²) >= 11 is 9.98. The van der Waals surface area contributed by atoms with Crippen LogP contribution < -0.4 is 5.32 Å². The monoisotopic (exact) mass is 333 g/mol. The van der Waals surface area contributed by atoms with Crippen molar-refractivity contribution < 1.29 is 4.74 Å². The van der Waals surface area contributed by atoms with Gasteiger partial charge >= 0.3 is 0 Å². The molecule has 0 radical (unpaired) electrons. The van der Waals surface area contributed by atoms with E-state index in [0.29, 0.717) is 6.61 Å². The molecule has 1 aromatic carbocycles. The molecule has 0 aliphatic heterocycles. The van der Waals surface area contributed by atoms with Crippen LogP contribution in [0.25, 0.3) is 0 Å². The predicted octanol–water partition coefficient (Wildman–Crippen LogP) is 3.22. The smallest absolute Gasteiger partial charge is 0.0790 e. The van der Waals surface area contributed by atoms with Gasteiger partial charge in [-0.1, -0.05) is 38.8 Å². The number of hydrogen-bond donors (Lipinski definition) is 1. The Kier molecular flexibility index (Phi) is 14.5. The normalized spacial score (nSPS) is 10.2. The zero-order valence-corrected chi connectivity index (χ0v) is 14.9. The lowest BCUT2D eigenvalue weighted by atomic mass is 10.3. The second kappa shape index (κ2) is 13.3. The first-order chi connectivity index (χ1) is 9.38. The zero-order chi connectivity index (χ0) is 15.5. The van der Waals surface area contributed by atoms with E-state index in [-0.39, 0.29) is 7.43 Å². The first-order valence-corrected chi connectivity index (χ1v) is 7.61. The van der Waals surface area contributed by atoms with Crippen LogP contribution in [0.5, 0.6) is 0 Å². The summed E-state index contributed by atoms with van der Waals surface area (Å²) in [7, 11) is 8.17. The van der Waals surface area contributed by atoms with E-state index in [1.807, 2.05) is 20.2 Å². The summed E-state index contributed by atoms with van der Waals surface area (Å²) in [6.07, 6.45) is 0. The van der Waals surface area contributed by atoms with E-state index in [2.05, 4.69) is 36.1 Å². The minimum atomic E-state index is 0. The SMILES string of the molecule is C.CCN(C)C.CN(C)CCOCCNc1cc(=S)c1=S. The number of rotatable bonds is 8. The summed E-state index contributed by atoms with van der Waals surface area (Å²) in [5.74, 6) is 0. The predicted molar refractivity (Wildman–Crippen MR) is 99.3 cm³/mol. The molecule has 1 N–H and O–H groups in total. The highest BCUT2D eigenvalue weighted by Crippen LogP contribution is 2.16. The quantitative estimate of drug-likeness (QED) is 0.580. The van der Waals surface area contributed by atoms with E-state index in [1.54, 1.807) is 0 Å². The maximum Gasteiger partial charge on any atom is 0.0790 e. The van der Waals surface area contributed by atoms with Gasteiger partial charge in [-0.2, -0.15) is 0 Å². The Morgan fingerprint density at radius 1 is 1.10 bits per heavy atom. The van der Waals surface area contributed by atoms with Crippen LogP contribution in [0.15, 0.2) is 6.07 Å².